The summed E-state index contributed by atoms with van der Waals surface area (Å²) in [5.74, 6) is 6.49. The number of hydrogen-bond acceptors (Lipinski definition) is 4. The Morgan fingerprint density at radius 2 is 2.10 bits per heavy atom. The van der Waals surface area contributed by atoms with E-state index >= 15 is 0 Å². The zero-order valence-electron chi connectivity index (χ0n) is 12.8. The molecule has 3 rings (SSSR count). The number of hydrazine groups is 1. The third-order valence-electron chi connectivity index (χ3n) is 5.32. The van der Waals surface area contributed by atoms with E-state index in [1.54, 1.807) is 0 Å². The minimum atomic E-state index is 0.175. The van der Waals surface area contributed by atoms with Gasteiger partial charge in [-0.15, -0.1) is 0 Å². The van der Waals surface area contributed by atoms with Gasteiger partial charge in [-0.1, -0.05) is 12.8 Å². The molecule has 2 heterocycles. The van der Waals surface area contributed by atoms with E-state index in [1.165, 1.54) is 37.7 Å². The molecule has 2 fully saturated rings. The number of pyridine rings is 1. The summed E-state index contributed by atoms with van der Waals surface area (Å²) >= 11 is 0. The van der Waals surface area contributed by atoms with E-state index in [-0.39, 0.29) is 5.60 Å². The predicted molar refractivity (Wildman–Crippen MR) is 83.5 cm³/mol. The topological polar surface area (TPSA) is 60.2 Å². The van der Waals surface area contributed by atoms with Gasteiger partial charge in [0.2, 0.25) is 0 Å². The van der Waals surface area contributed by atoms with Gasteiger partial charge in [-0.2, -0.15) is 0 Å². The summed E-state index contributed by atoms with van der Waals surface area (Å²) in [4.78, 5) is 4.07. The lowest BCUT2D eigenvalue weighted by Gasteiger charge is -2.41. The van der Waals surface area contributed by atoms with Gasteiger partial charge in [-0.3, -0.25) is 16.3 Å². The molecule has 1 aliphatic carbocycles. The molecule has 1 spiro atoms. The fraction of sp³-hybridized carbons (Fsp3) is 0.706. The van der Waals surface area contributed by atoms with Gasteiger partial charge >= 0.3 is 0 Å². The average Bonchev–Trinajstić information content (AvgIpc) is 2.97. The molecule has 2 atom stereocenters. The van der Waals surface area contributed by atoms with Gasteiger partial charge in [0.25, 0.3) is 0 Å². The van der Waals surface area contributed by atoms with Gasteiger partial charge in [0.05, 0.1) is 5.60 Å². The third kappa shape index (κ3) is 3.62. The minimum absolute atomic E-state index is 0.175. The van der Waals surface area contributed by atoms with E-state index in [1.807, 2.05) is 12.4 Å². The molecule has 1 saturated carbocycles. The molecule has 1 aromatic heterocycles. The first-order valence-corrected chi connectivity index (χ1v) is 8.30. The maximum absolute atomic E-state index is 6.14. The molecule has 2 unspecified atom stereocenters. The van der Waals surface area contributed by atoms with Crippen molar-refractivity contribution in [3.63, 3.8) is 0 Å². The molecular formula is C17H27N3O. The Kier molecular flexibility index (Phi) is 4.88. The number of ether oxygens (including phenoxy) is 1. The highest BCUT2D eigenvalue weighted by Gasteiger charge is 2.41. The van der Waals surface area contributed by atoms with E-state index in [9.17, 15) is 0 Å². The number of aryl methyl sites for hydroxylation is 1. The van der Waals surface area contributed by atoms with Crippen molar-refractivity contribution in [2.75, 3.05) is 6.61 Å². The van der Waals surface area contributed by atoms with Crippen LogP contribution in [-0.2, 0) is 11.2 Å². The summed E-state index contributed by atoms with van der Waals surface area (Å²) < 4.78 is 6.14. The Hall–Kier alpha value is -0.970. The van der Waals surface area contributed by atoms with Crippen LogP contribution in [0.5, 0.6) is 0 Å². The SMILES string of the molecule is NNC(CCc1ccncc1)C1CCOC2(CCCC2)C1. The number of aromatic nitrogens is 1. The van der Waals surface area contributed by atoms with Crippen LogP contribution < -0.4 is 11.3 Å². The summed E-state index contributed by atoms with van der Waals surface area (Å²) in [6.07, 6.45) is 13.3. The Morgan fingerprint density at radius 3 is 2.81 bits per heavy atom. The quantitative estimate of drug-likeness (QED) is 0.646. The van der Waals surface area contributed by atoms with Crippen LogP contribution in [0.3, 0.4) is 0 Å². The molecule has 116 valence electrons. The summed E-state index contributed by atoms with van der Waals surface area (Å²) in [6, 6.07) is 4.58. The van der Waals surface area contributed by atoms with Crippen LogP contribution in [-0.4, -0.2) is 23.2 Å². The molecular weight excluding hydrogens is 262 g/mol. The first-order chi connectivity index (χ1) is 10.3. The Balaban J connectivity index is 1.57. The van der Waals surface area contributed by atoms with Gasteiger partial charge < -0.3 is 4.74 Å². The van der Waals surface area contributed by atoms with Crippen LogP contribution in [0.2, 0.25) is 0 Å². The first kappa shape index (κ1) is 14.9. The van der Waals surface area contributed by atoms with E-state index < -0.39 is 0 Å². The van der Waals surface area contributed by atoms with Crippen molar-refractivity contribution in [1.82, 2.24) is 10.4 Å². The lowest BCUT2D eigenvalue weighted by atomic mass is 9.79. The van der Waals surface area contributed by atoms with Crippen molar-refractivity contribution in [2.24, 2.45) is 11.8 Å². The van der Waals surface area contributed by atoms with Gasteiger partial charge in [0.1, 0.15) is 0 Å². The highest BCUT2D eigenvalue weighted by atomic mass is 16.5. The van der Waals surface area contributed by atoms with E-state index in [4.69, 9.17) is 10.6 Å². The van der Waals surface area contributed by atoms with Gasteiger partial charge in [0, 0.05) is 25.0 Å². The second-order valence-corrected chi connectivity index (χ2v) is 6.66. The highest BCUT2D eigenvalue weighted by molar-refractivity contribution is 5.10. The van der Waals surface area contributed by atoms with Crippen molar-refractivity contribution >= 4 is 0 Å². The maximum atomic E-state index is 6.14. The fourth-order valence-electron chi connectivity index (χ4n) is 4.10. The lowest BCUT2D eigenvalue weighted by Crippen LogP contribution is -2.48. The molecule has 21 heavy (non-hydrogen) atoms. The molecule has 1 aromatic rings. The summed E-state index contributed by atoms with van der Waals surface area (Å²) in [5.41, 5.74) is 4.59. The molecule has 2 aliphatic rings. The van der Waals surface area contributed by atoms with Gasteiger partial charge in [0.15, 0.2) is 0 Å². The molecule has 0 radical (unpaired) electrons. The van der Waals surface area contributed by atoms with E-state index in [0.717, 1.165) is 25.9 Å². The number of nitrogens with one attached hydrogen (secondary N) is 1. The monoisotopic (exact) mass is 289 g/mol. The second kappa shape index (κ2) is 6.86. The zero-order chi connectivity index (χ0) is 14.5. The summed E-state index contributed by atoms with van der Waals surface area (Å²) in [6.45, 7) is 0.901. The summed E-state index contributed by atoms with van der Waals surface area (Å²) in [7, 11) is 0. The molecule has 1 saturated heterocycles. The van der Waals surface area contributed by atoms with Gasteiger partial charge in [-0.05, 0) is 62.1 Å². The molecule has 0 amide bonds. The fourth-order valence-corrected chi connectivity index (χ4v) is 4.10. The van der Waals surface area contributed by atoms with Crippen LogP contribution in [0.4, 0.5) is 0 Å². The van der Waals surface area contributed by atoms with Crippen LogP contribution in [0.1, 0.15) is 50.5 Å². The summed E-state index contributed by atoms with van der Waals surface area (Å²) in [5, 5.41) is 0. The molecule has 0 bridgehead atoms. The average molecular weight is 289 g/mol. The van der Waals surface area contributed by atoms with Crippen LogP contribution in [0.15, 0.2) is 24.5 Å². The predicted octanol–water partition coefficient (Wildman–Crippen LogP) is 2.59. The molecule has 1 aliphatic heterocycles. The second-order valence-electron chi connectivity index (χ2n) is 6.66. The van der Waals surface area contributed by atoms with Crippen molar-refractivity contribution in [2.45, 2.75) is 63.0 Å². The van der Waals surface area contributed by atoms with Crippen molar-refractivity contribution in [3.8, 4) is 0 Å². The van der Waals surface area contributed by atoms with Gasteiger partial charge in [-0.25, -0.2) is 0 Å². The number of nitrogens with zero attached hydrogens (tertiary/aromatic N) is 1. The first-order valence-electron chi connectivity index (χ1n) is 8.30. The molecule has 4 heteroatoms. The number of nitrogens with two attached hydrogens (primary N) is 1. The Labute approximate surface area is 127 Å². The van der Waals surface area contributed by atoms with Crippen molar-refractivity contribution in [1.29, 1.82) is 0 Å². The standard InChI is InChI=1S/C17H27N3O/c18-20-16(4-3-14-5-10-19-11-6-14)15-7-12-21-17(13-15)8-1-2-9-17/h5-6,10-11,15-16,20H,1-4,7-9,12-13,18H2. The number of hydrogen-bond donors (Lipinski definition) is 2. The van der Waals surface area contributed by atoms with Crippen molar-refractivity contribution < 1.29 is 4.74 Å². The Morgan fingerprint density at radius 1 is 1.33 bits per heavy atom. The lowest BCUT2D eigenvalue weighted by molar-refractivity contribution is -0.0982. The van der Waals surface area contributed by atoms with Crippen LogP contribution in [0, 0.1) is 5.92 Å². The smallest absolute Gasteiger partial charge is 0.0685 e. The Bertz CT molecular complexity index is 431. The van der Waals surface area contributed by atoms with Crippen molar-refractivity contribution in [3.05, 3.63) is 30.1 Å². The largest absolute Gasteiger partial charge is 0.375 e. The van der Waals surface area contributed by atoms with E-state index in [2.05, 4.69) is 22.5 Å². The molecule has 0 aromatic carbocycles. The number of rotatable bonds is 5. The zero-order valence-corrected chi connectivity index (χ0v) is 12.8. The van der Waals surface area contributed by atoms with Crippen LogP contribution >= 0.6 is 0 Å². The van der Waals surface area contributed by atoms with Crippen LogP contribution in [0.25, 0.3) is 0 Å². The highest BCUT2D eigenvalue weighted by Crippen LogP contribution is 2.43. The third-order valence-corrected chi connectivity index (χ3v) is 5.32. The maximum Gasteiger partial charge on any atom is 0.0685 e. The normalized spacial score (nSPS) is 26.0. The minimum Gasteiger partial charge on any atom is -0.375 e. The van der Waals surface area contributed by atoms with E-state index in [0.29, 0.717) is 12.0 Å². The molecule has 3 N–H and O–H groups in total. The molecule has 4 nitrogen and oxygen atoms in total.